The lowest BCUT2D eigenvalue weighted by atomic mass is 10.1. The number of allylic oxidation sites excluding steroid dienone is 1. The second-order valence-electron chi connectivity index (χ2n) is 2.13. The van der Waals surface area contributed by atoms with Gasteiger partial charge >= 0.3 is 0 Å². The Balaban J connectivity index is 2.79. The van der Waals surface area contributed by atoms with Crippen LogP contribution in [0.3, 0.4) is 0 Å². The Hall–Kier alpha value is -0.550. The highest BCUT2D eigenvalue weighted by Gasteiger charge is 2.17. The van der Waals surface area contributed by atoms with Crippen LogP contribution in [0.4, 0.5) is 0 Å². The Labute approximate surface area is 57.6 Å². The molecule has 0 spiro atoms. The van der Waals surface area contributed by atoms with Gasteiger partial charge in [-0.15, -0.1) is 6.42 Å². The SMILES string of the molecule is C#CC1CS(=O)C=C1C. The number of hydrogen-bond acceptors (Lipinski definition) is 1. The summed E-state index contributed by atoms with van der Waals surface area (Å²) in [5.74, 6) is 3.34. The molecule has 9 heavy (non-hydrogen) atoms. The molecule has 0 aromatic heterocycles. The average molecular weight is 140 g/mol. The van der Waals surface area contributed by atoms with E-state index in [1.807, 2.05) is 6.92 Å². The first-order chi connectivity index (χ1) is 4.24. The lowest BCUT2D eigenvalue weighted by Gasteiger charge is -1.97. The molecule has 0 amide bonds. The van der Waals surface area contributed by atoms with Crippen LogP contribution in [-0.2, 0) is 10.8 Å². The second-order valence-corrected chi connectivity index (χ2v) is 3.46. The van der Waals surface area contributed by atoms with E-state index < -0.39 is 10.8 Å². The van der Waals surface area contributed by atoms with Crippen LogP contribution >= 0.6 is 0 Å². The largest absolute Gasteiger partial charge is 0.255 e. The average Bonchev–Trinajstić information content (AvgIpc) is 2.10. The summed E-state index contributed by atoms with van der Waals surface area (Å²) in [7, 11) is -0.787. The quantitative estimate of drug-likeness (QED) is 0.457. The Kier molecular flexibility index (Phi) is 1.73. The first-order valence-electron chi connectivity index (χ1n) is 2.75. The molecule has 0 fully saturated rings. The summed E-state index contributed by atoms with van der Waals surface area (Å²) >= 11 is 0. The van der Waals surface area contributed by atoms with Crippen molar-refractivity contribution in [3.63, 3.8) is 0 Å². The molecular weight excluding hydrogens is 132 g/mol. The molecule has 2 atom stereocenters. The minimum absolute atomic E-state index is 0.130. The summed E-state index contributed by atoms with van der Waals surface area (Å²) in [6, 6.07) is 0. The van der Waals surface area contributed by atoms with Crippen LogP contribution in [0.1, 0.15) is 6.92 Å². The molecular formula is C7H8OS. The highest BCUT2D eigenvalue weighted by molar-refractivity contribution is 7.88. The van der Waals surface area contributed by atoms with E-state index in [9.17, 15) is 4.21 Å². The van der Waals surface area contributed by atoms with E-state index in [0.29, 0.717) is 5.75 Å². The zero-order valence-electron chi connectivity index (χ0n) is 5.26. The predicted octanol–water partition coefficient (Wildman–Crippen LogP) is 0.902. The Morgan fingerprint density at radius 2 is 2.67 bits per heavy atom. The highest BCUT2D eigenvalue weighted by atomic mass is 32.2. The fraction of sp³-hybridized carbons (Fsp3) is 0.429. The Morgan fingerprint density at radius 3 is 2.89 bits per heavy atom. The maximum atomic E-state index is 10.8. The third-order valence-corrected chi connectivity index (χ3v) is 2.70. The highest BCUT2D eigenvalue weighted by Crippen LogP contribution is 2.18. The molecule has 0 aromatic carbocycles. The first-order valence-corrected chi connectivity index (χ1v) is 4.14. The summed E-state index contributed by atoms with van der Waals surface area (Å²) in [5, 5.41) is 1.74. The second kappa shape index (κ2) is 2.36. The zero-order chi connectivity index (χ0) is 6.85. The van der Waals surface area contributed by atoms with Crippen LogP contribution in [0, 0.1) is 18.3 Å². The molecule has 0 aromatic rings. The predicted molar refractivity (Wildman–Crippen MR) is 39.1 cm³/mol. The molecule has 1 aliphatic heterocycles. The monoisotopic (exact) mass is 140 g/mol. The van der Waals surface area contributed by atoms with Gasteiger partial charge in [0.2, 0.25) is 0 Å². The van der Waals surface area contributed by atoms with Gasteiger partial charge in [0.1, 0.15) is 0 Å². The van der Waals surface area contributed by atoms with Crippen LogP contribution in [0.15, 0.2) is 11.0 Å². The van der Waals surface area contributed by atoms with Crippen LogP contribution in [-0.4, -0.2) is 9.96 Å². The van der Waals surface area contributed by atoms with Crippen molar-refractivity contribution in [2.75, 3.05) is 5.75 Å². The van der Waals surface area contributed by atoms with Gasteiger partial charge in [0.15, 0.2) is 0 Å². The normalized spacial score (nSPS) is 33.6. The molecule has 0 bridgehead atoms. The van der Waals surface area contributed by atoms with Gasteiger partial charge < -0.3 is 0 Å². The number of terminal acetylenes is 1. The number of rotatable bonds is 0. The van der Waals surface area contributed by atoms with Crippen molar-refractivity contribution in [1.29, 1.82) is 0 Å². The molecule has 48 valence electrons. The van der Waals surface area contributed by atoms with Crippen molar-refractivity contribution in [2.45, 2.75) is 6.92 Å². The third-order valence-electron chi connectivity index (χ3n) is 1.40. The van der Waals surface area contributed by atoms with Crippen molar-refractivity contribution >= 4 is 10.8 Å². The van der Waals surface area contributed by atoms with Gasteiger partial charge in [-0.1, -0.05) is 5.92 Å². The fourth-order valence-corrected chi connectivity index (χ4v) is 2.18. The third kappa shape index (κ3) is 1.22. The molecule has 1 aliphatic rings. The van der Waals surface area contributed by atoms with E-state index in [0.717, 1.165) is 5.57 Å². The molecule has 2 unspecified atom stereocenters. The molecule has 1 rings (SSSR count). The first kappa shape index (κ1) is 6.57. The Bertz CT molecular complexity index is 209. The summed E-state index contributed by atoms with van der Waals surface area (Å²) < 4.78 is 10.8. The molecule has 1 nitrogen and oxygen atoms in total. The van der Waals surface area contributed by atoms with Crippen LogP contribution in [0.25, 0.3) is 0 Å². The lowest BCUT2D eigenvalue weighted by molar-refractivity contribution is 0.687. The minimum atomic E-state index is -0.787. The van der Waals surface area contributed by atoms with E-state index in [1.54, 1.807) is 5.41 Å². The maximum absolute atomic E-state index is 10.8. The zero-order valence-corrected chi connectivity index (χ0v) is 6.07. The molecule has 0 radical (unpaired) electrons. The Morgan fingerprint density at radius 1 is 2.00 bits per heavy atom. The van der Waals surface area contributed by atoms with Crippen molar-refractivity contribution in [3.05, 3.63) is 11.0 Å². The van der Waals surface area contributed by atoms with Gasteiger partial charge in [-0.25, -0.2) is 0 Å². The lowest BCUT2D eigenvalue weighted by Crippen LogP contribution is -1.99. The van der Waals surface area contributed by atoms with Crippen LogP contribution < -0.4 is 0 Å². The van der Waals surface area contributed by atoms with E-state index in [2.05, 4.69) is 5.92 Å². The van der Waals surface area contributed by atoms with Crippen molar-refractivity contribution in [1.82, 2.24) is 0 Å². The smallest absolute Gasteiger partial charge is 0.0534 e. The summed E-state index contributed by atoms with van der Waals surface area (Å²) in [6.45, 7) is 1.93. The van der Waals surface area contributed by atoms with E-state index in [4.69, 9.17) is 6.42 Å². The molecule has 0 saturated carbocycles. The van der Waals surface area contributed by atoms with Gasteiger partial charge in [0, 0.05) is 22.0 Å². The molecule has 0 N–H and O–H groups in total. The van der Waals surface area contributed by atoms with Gasteiger partial charge in [-0.2, -0.15) is 0 Å². The summed E-state index contributed by atoms with van der Waals surface area (Å²) in [4.78, 5) is 0. The van der Waals surface area contributed by atoms with Crippen LogP contribution in [0.2, 0.25) is 0 Å². The molecule has 0 aliphatic carbocycles. The van der Waals surface area contributed by atoms with Gasteiger partial charge in [-0.3, -0.25) is 4.21 Å². The van der Waals surface area contributed by atoms with Gasteiger partial charge in [-0.05, 0) is 12.5 Å². The summed E-state index contributed by atoms with van der Waals surface area (Å²) in [6.07, 6.45) is 5.16. The van der Waals surface area contributed by atoms with Crippen LogP contribution in [0.5, 0.6) is 0 Å². The number of hydrogen-bond donors (Lipinski definition) is 0. The van der Waals surface area contributed by atoms with Crippen molar-refractivity contribution in [2.24, 2.45) is 5.92 Å². The molecule has 2 heteroatoms. The minimum Gasteiger partial charge on any atom is -0.255 e. The maximum Gasteiger partial charge on any atom is 0.0534 e. The van der Waals surface area contributed by atoms with Gasteiger partial charge in [0.05, 0.1) is 5.92 Å². The van der Waals surface area contributed by atoms with E-state index >= 15 is 0 Å². The molecule has 0 saturated heterocycles. The standard InChI is InChI=1S/C7H8OS/c1-3-7-5-9(8)4-6(7)2/h1,4,7H,5H2,2H3. The molecule has 1 heterocycles. The topological polar surface area (TPSA) is 17.1 Å². The summed E-state index contributed by atoms with van der Waals surface area (Å²) in [5.41, 5.74) is 1.08. The van der Waals surface area contributed by atoms with Crippen molar-refractivity contribution < 1.29 is 4.21 Å². The van der Waals surface area contributed by atoms with Gasteiger partial charge in [0.25, 0.3) is 0 Å². The van der Waals surface area contributed by atoms with E-state index in [1.165, 1.54) is 0 Å². The fourth-order valence-electron chi connectivity index (χ4n) is 0.813. The van der Waals surface area contributed by atoms with E-state index in [-0.39, 0.29) is 5.92 Å². The van der Waals surface area contributed by atoms with Crippen molar-refractivity contribution in [3.8, 4) is 12.3 Å².